The minimum atomic E-state index is -4.70. The summed E-state index contributed by atoms with van der Waals surface area (Å²) in [5, 5.41) is 0. The normalized spacial score (nSPS) is 11.6. The average Bonchev–Trinajstić information content (AvgIpc) is 2.43. The maximum absolute atomic E-state index is 12.1. The first-order valence-electron chi connectivity index (χ1n) is 6.23. The zero-order chi connectivity index (χ0) is 15.1. The van der Waals surface area contributed by atoms with Crippen LogP contribution in [0.1, 0.15) is 5.56 Å². The molecule has 0 unspecified atom stereocenters. The van der Waals surface area contributed by atoms with Crippen molar-refractivity contribution < 1.29 is 22.6 Å². The minimum absolute atomic E-state index is 0.254. The van der Waals surface area contributed by atoms with E-state index in [1.807, 2.05) is 36.4 Å². The van der Waals surface area contributed by atoms with Crippen LogP contribution in [0.5, 0.6) is 11.5 Å². The van der Waals surface area contributed by atoms with Crippen LogP contribution in [0.2, 0.25) is 0 Å². The number of hydrogen-bond donors (Lipinski definition) is 0. The Balaban J connectivity index is 1.89. The van der Waals surface area contributed by atoms with E-state index in [1.54, 1.807) is 12.1 Å². The molecule has 0 fully saturated rings. The van der Waals surface area contributed by atoms with E-state index in [2.05, 4.69) is 4.74 Å². The zero-order valence-electron chi connectivity index (χ0n) is 11.0. The molecule has 2 nitrogen and oxygen atoms in total. The molecule has 0 aromatic heterocycles. The molecule has 0 radical (unpaired) electrons. The second-order valence-electron chi connectivity index (χ2n) is 4.15. The number of halogens is 3. The molecule has 0 aliphatic heterocycles. The highest BCUT2D eigenvalue weighted by atomic mass is 19.4. The Labute approximate surface area is 120 Å². The minimum Gasteiger partial charge on any atom is -0.489 e. The summed E-state index contributed by atoms with van der Waals surface area (Å²) in [5.74, 6) is 0.0153. The van der Waals surface area contributed by atoms with Crippen LogP contribution in [0.3, 0.4) is 0 Å². The summed E-state index contributed by atoms with van der Waals surface area (Å²) in [4.78, 5) is 0. The van der Waals surface area contributed by atoms with E-state index in [1.165, 1.54) is 18.2 Å². The monoisotopic (exact) mass is 294 g/mol. The average molecular weight is 294 g/mol. The molecule has 2 aromatic rings. The van der Waals surface area contributed by atoms with Crippen molar-refractivity contribution in [1.82, 2.24) is 0 Å². The van der Waals surface area contributed by atoms with Gasteiger partial charge in [0.1, 0.15) is 18.1 Å². The molecule has 0 spiro atoms. The van der Waals surface area contributed by atoms with Crippen LogP contribution in [0, 0.1) is 0 Å². The van der Waals surface area contributed by atoms with Crippen LogP contribution in [0.15, 0.2) is 60.7 Å². The molecule has 0 bridgehead atoms. The van der Waals surface area contributed by atoms with Crippen molar-refractivity contribution in [2.75, 3.05) is 6.61 Å². The van der Waals surface area contributed by atoms with Gasteiger partial charge >= 0.3 is 6.36 Å². The second-order valence-corrected chi connectivity index (χ2v) is 4.15. The van der Waals surface area contributed by atoms with Gasteiger partial charge in [0, 0.05) is 6.07 Å². The van der Waals surface area contributed by atoms with Crippen LogP contribution in [-0.2, 0) is 0 Å². The van der Waals surface area contributed by atoms with Crippen molar-refractivity contribution in [3.05, 3.63) is 66.2 Å². The van der Waals surface area contributed by atoms with Crippen LogP contribution in [0.25, 0.3) is 6.08 Å². The van der Waals surface area contributed by atoms with Crippen molar-refractivity contribution in [3.8, 4) is 11.5 Å². The van der Waals surface area contributed by atoms with Crippen molar-refractivity contribution in [2.24, 2.45) is 0 Å². The third-order valence-electron chi connectivity index (χ3n) is 2.50. The number of ether oxygens (including phenoxy) is 2. The highest BCUT2D eigenvalue weighted by Gasteiger charge is 2.31. The molecule has 0 aliphatic carbocycles. The molecule has 2 aromatic carbocycles. The van der Waals surface area contributed by atoms with E-state index >= 15 is 0 Å². The van der Waals surface area contributed by atoms with E-state index in [4.69, 9.17) is 4.74 Å². The van der Waals surface area contributed by atoms with E-state index in [-0.39, 0.29) is 12.4 Å². The SMILES string of the molecule is FC(F)(F)Oc1cccc(OC/C=C/c2ccccc2)c1. The van der Waals surface area contributed by atoms with Crippen LogP contribution in [0.4, 0.5) is 13.2 Å². The van der Waals surface area contributed by atoms with Gasteiger partial charge in [-0.2, -0.15) is 0 Å². The Morgan fingerprint density at radius 3 is 2.33 bits per heavy atom. The molecule has 2 rings (SSSR count). The van der Waals surface area contributed by atoms with Crippen LogP contribution >= 0.6 is 0 Å². The Morgan fingerprint density at radius 1 is 0.905 bits per heavy atom. The quantitative estimate of drug-likeness (QED) is 0.797. The maximum atomic E-state index is 12.1. The van der Waals surface area contributed by atoms with Crippen LogP contribution in [-0.4, -0.2) is 13.0 Å². The second kappa shape index (κ2) is 6.83. The molecule has 0 amide bonds. The molecular weight excluding hydrogens is 281 g/mol. The summed E-state index contributed by atoms with van der Waals surface area (Å²) in [6.45, 7) is 0.254. The topological polar surface area (TPSA) is 18.5 Å². The van der Waals surface area contributed by atoms with Gasteiger partial charge < -0.3 is 9.47 Å². The van der Waals surface area contributed by atoms with Gasteiger partial charge in [-0.3, -0.25) is 0 Å². The Hall–Kier alpha value is -2.43. The summed E-state index contributed by atoms with van der Waals surface area (Å²) < 4.78 is 45.4. The van der Waals surface area contributed by atoms with Gasteiger partial charge in [0.05, 0.1) is 0 Å². The number of hydrogen-bond acceptors (Lipinski definition) is 2. The predicted molar refractivity (Wildman–Crippen MR) is 74.1 cm³/mol. The van der Waals surface area contributed by atoms with Gasteiger partial charge in [-0.1, -0.05) is 42.5 Å². The van der Waals surface area contributed by atoms with Crippen molar-refractivity contribution in [1.29, 1.82) is 0 Å². The lowest BCUT2D eigenvalue weighted by Gasteiger charge is -2.10. The van der Waals surface area contributed by atoms with Gasteiger partial charge in [-0.25, -0.2) is 0 Å². The lowest BCUT2D eigenvalue weighted by Crippen LogP contribution is -2.17. The van der Waals surface area contributed by atoms with E-state index in [0.29, 0.717) is 5.75 Å². The fourth-order valence-electron chi connectivity index (χ4n) is 1.65. The molecule has 0 saturated heterocycles. The summed E-state index contributed by atoms with van der Waals surface area (Å²) >= 11 is 0. The largest absolute Gasteiger partial charge is 0.573 e. The highest BCUT2D eigenvalue weighted by Crippen LogP contribution is 2.25. The fraction of sp³-hybridized carbons (Fsp3) is 0.125. The predicted octanol–water partition coefficient (Wildman–Crippen LogP) is 4.68. The van der Waals surface area contributed by atoms with Crippen molar-refractivity contribution in [2.45, 2.75) is 6.36 Å². The molecule has 110 valence electrons. The molecule has 0 saturated carbocycles. The van der Waals surface area contributed by atoms with E-state index in [0.717, 1.165) is 5.56 Å². The van der Waals surface area contributed by atoms with E-state index in [9.17, 15) is 13.2 Å². The molecular formula is C16H13F3O2. The summed E-state index contributed by atoms with van der Waals surface area (Å²) in [5.41, 5.74) is 1.02. The molecule has 21 heavy (non-hydrogen) atoms. The summed E-state index contributed by atoms with van der Waals surface area (Å²) in [6, 6.07) is 15.1. The van der Waals surface area contributed by atoms with Crippen molar-refractivity contribution >= 4 is 6.08 Å². The van der Waals surface area contributed by atoms with Gasteiger partial charge in [0.15, 0.2) is 0 Å². The number of alkyl halides is 3. The summed E-state index contributed by atoms with van der Waals surface area (Å²) in [6.07, 6.45) is -1.05. The van der Waals surface area contributed by atoms with Gasteiger partial charge in [-0.05, 0) is 23.8 Å². The molecule has 5 heteroatoms. The zero-order valence-corrected chi connectivity index (χ0v) is 11.0. The third kappa shape index (κ3) is 5.60. The number of rotatable bonds is 5. The molecule has 0 heterocycles. The lowest BCUT2D eigenvalue weighted by atomic mass is 10.2. The Bertz CT molecular complexity index is 592. The van der Waals surface area contributed by atoms with Gasteiger partial charge in [-0.15, -0.1) is 13.2 Å². The van der Waals surface area contributed by atoms with Gasteiger partial charge in [0.25, 0.3) is 0 Å². The standard InChI is InChI=1S/C16H13F3O2/c17-16(18,19)21-15-10-4-9-14(12-15)20-11-5-8-13-6-2-1-3-7-13/h1-10,12H,11H2/b8-5+. The third-order valence-corrected chi connectivity index (χ3v) is 2.50. The first kappa shape index (κ1) is 15.0. The molecule has 0 aliphatic rings. The highest BCUT2D eigenvalue weighted by molar-refractivity contribution is 5.48. The Morgan fingerprint density at radius 2 is 1.62 bits per heavy atom. The van der Waals surface area contributed by atoms with Crippen molar-refractivity contribution in [3.63, 3.8) is 0 Å². The van der Waals surface area contributed by atoms with Gasteiger partial charge in [0.2, 0.25) is 0 Å². The number of benzene rings is 2. The smallest absolute Gasteiger partial charge is 0.489 e. The maximum Gasteiger partial charge on any atom is 0.573 e. The summed E-state index contributed by atoms with van der Waals surface area (Å²) in [7, 11) is 0. The van der Waals surface area contributed by atoms with E-state index < -0.39 is 6.36 Å². The fourth-order valence-corrected chi connectivity index (χ4v) is 1.65. The first-order valence-corrected chi connectivity index (χ1v) is 6.23. The Kier molecular flexibility index (Phi) is 4.87. The van der Waals surface area contributed by atoms with Crippen LogP contribution < -0.4 is 9.47 Å². The first-order chi connectivity index (χ1) is 10.0. The lowest BCUT2D eigenvalue weighted by molar-refractivity contribution is -0.274. The molecule has 0 atom stereocenters. The molecule has 0 N–H and O–H groups in total.